The van der Waals surface area contributed by atoms with Gasteiger partial charge in [-0.2, -0.15) is 0 Å². The summed E-state index contributed by atoms with van der Waals surface area (Å²) < 4.78 is 0. The molecule has 1 aliphatic rings. The Bertz CT molecular complexity index is 406. The van der Waals surface area contributed by atoms with Crippen LogP contribution in [0.5, 0.6) is 0 Å². The van der Waals surface area contributed by atoms with Crippen LogP contribution >= 0.6 is 0 Å². The highest BCUT2D eigenvalue weighted by molar-refractivity contribution is 5.41. The van der Waals surface area contributed by atoms with Crippen LogP contribution in [0.1, 0.15) is 39.7 Å². The summed E-state index contributed by atoms with van der Waals surface area (Å²) in [6.45, 7) is 13.0. The molecule has 1 heterocycles. The first kappa shape index (κ1) is 14.4. The van der Waals surface area contributed by atoms with Gasteiger partial charge in [0, 0.05) is 24.2 Å². The van der Waals surface area contributed by atoms with Crippen molar-refractivity contribution in [3.05, 3.63) is 29.8 Å². The van der Waals surface area contributed by atoms with E-state index in [4.69, 9.17) is 5.73 Å². The maximum Gasteiger partial charge on any atom is 0.0314 e. The third kappa shape index (κ3) is 3.50. The van der Waals surface area contributed by atoms with Crippen LogP contribution in [0.2, 0.25) is 0 Å². The lowest BCUT2D eigenvalue weighted by Gasteiger charge is -2.31. The van der Waals surface area contributed by atoms with Crippen molar-refractivity contribution < 1.29 is 0 Å². The molecule has 2 nitrogen and oxygen atoms in total. The third-order valence-corrected chi connectivity index (χ3v) is 4.56. The standard InChI is InChI=1S/C17H28N2/c1-13(2)14-9-10-19(11-14)12-17(3,4)15-5-7-16(18)8-6-15/h5-8,13-14H,9-12,18H2,1-4H3. The molecule has 1 saturated heterocycles. The van der Waals surface area contributed by atoms with Crippen molar-refractivity contribution in [1.82, 2.24) is 4.90 Å². The van der Waals surface area contributed by atoms with Gasteiger partial charge >= 0.3 is 0 Å². The van der Waals surface area contributed by atoms with Gasteiger partial charge < -0.3 is 10.6 Å². The van der Waals surface area contributed by atoms with E-state index in [1.807, 2.05) is 12.1 Å². The monoisotopic (exact) mass is 260 g/mol. The highest BCUT2D eigenvalue weighted by Crippen LogP contribution is 2.29. The van der Waals surface area contributed by atoms with Crippen LogP contribution in [0.15, 0.2) is 24.3 Å². The minimum Gasteiger partial charge on any atom is -0.399 e. The second-order valence-corrected chi connectivity index (χ2v) is 7.03. The van der Waals surface area contributed by atoms with Crippen molar-refractivity contribution in [3.8, 4) is 0 Å². The van der Waals surface area contributed by atoms with E-state index in [1.54, 1.807) is 0 Å². The third-order valence-electron chi connectivity index (χ3n) is 4.56. The first-order valence-electron chi connectivity index (χ1n) is 7.47. The average molecular weight is 260 g/mol. The highest BCUT2D eigenvalue weighted by atomic mass is 15.2. The lowest BCUT2D eigenvalue weighted by atomic mass is 9.84. The van der Waals surface area contributed by atoms with E-state index in [1.165, 1.54) is 25.1 Å². The van der Waals surface area contributed by atoms with E-state index in [9.17, 15) is 0 Å². The van der Waals surface area contributed by atoms with Crippen LogP contribution in [0.4, 0.5) is 5.69 Å². The number of hydrogen-bond donors (Lipinski definition) is 1. The number of nitrogens with zero attached hydrogens (tertiary/aromatic N) is 1. The van der Waals surface area contributed by atoms with Crippen molar-refractivity contribution in [2.75, 3.05) is 25.4 Å². The van der Waals surface area contributed by atoms with E-state index in [2.05, 4.69) is 44.7 Å². The van der Waals surface area contributed by atoms with Crippen molar-refractivity contribution in [3.63, 3.8) is 0 Å². The van der Waals surface area contributed by atoms with Crippen molar-refractivity contribution in [2.45, 2.75) is 39.5 Å². The number of rotatable bonds is 4. The molecule has 106 valence electrons. The molecular formula is C17H28N2. The van der Waals surface area contributed by atoms with E-state index in [0.717, 1.165) is 24.1 Å². The number of nitrogens with two attached hydrogens (primary N) is 1. The molecule has 0 radical (unpaired) electrons. The van der Waals surface area contributed by atoms with Crippen LogP contribution in [0, 0.1) is 11.8 Å². The minimum atomic E-state index is 0.194. The smallest absolute Gasteiger partial charge is 0.0314 e. The van der Waals surface area contributed by atoms with Gasteiger partial charge in [0.2, 0.25) is 0 Å². The highest BCUT2D eigenvalue weighted by Gasteiger charge is 2.30. The lowest BCUT2D eigenvalue weighted by molar-refractivity contribution is 0.250. The van der Waals surface area contributed by atoms with Gasteiger partial charge in [0.25, 0.3) is 0 Å². The number of anilines is 1. The second-order valence-electron chi connectivity index (χ2n) is 7.03. The number of hydrogen-bond acceptors (Lipinski definition) is 2. The Morgan fingerprint density at radius 3 is 2.42 bits per heavy atom. The first-order valence-corrected chi connectivity index (χ1v) is 7.47. The molecule has 0 saturated carbocycles. The molecule has 1 aromatic rings. The molecule has 0 amide bonds. The van der Waals surface area contributed by atoms with Gasteiger partial charge in [0.1, 0.15) is 0 Å². The first-order chi connectivity index (χ1) is 8.88. The predicted octanol–water partition coefficient (Wildman–Crippen LogP) is 3.52. The van der Waals surface area contributed by atoms with Crippen LogP contribution in [0.25, 0.3) is 0 Å². The molecule has 1 atom stereocenters. The van der Waals surface area contributed by atoms with E-state index in [0.29, 0.717) is 0 Å². The molecule has 0 spiro atoms. The summed E-state index contributed by atoms with van der Waals surface area (Å²) in [5.74, 6) is 1.69. The molecule has 19 heavy (non-hydrogen) atoms. The summed E-state index contributed by atoms with van der Waals surface area (Å²) in [6.07, 6.45) is 1.36. The van der Waals surface area contributed by atoms with Crippen LogP contribution in [-0.2, 0) is 5.41 Å². The van der Waals surface area contributed by atoms with Gasteiger partial charge in [-0.05, 0) is 42.5 Å². The fourth-order valence-electron chi connectivity index (χ4n) is 3.13. The summed E-state index contributed by atoms with van der Waals surface area (Å²) in [5, 5.41) is 0. The summed E-state index contributed by atoms with van der Waals surface area (Å²) in [6, 6.07) is 8.37. The number of benzene rings is 1. The molecule has 1 fully saturated rings. The molecule has 2 N–H and O–H groups in total. The summed E-state index contributed by atoms with van der Waals surface area (Å²) >= 11 is 0. The quantitative estimate of drug-likeness (QED) is 0.839. The molecule has 1 aliphatic heterocycles. The zero-order valence-corrected chi connectivity index (χ0v) is 12.8. The van der Waals surface area contributed by atoms with Gasteiger partial charge in [0.15, 0.2) is 0 Å². The SMILES string of the molecule is CC(C)C1CCN(CC(C)(C)c2ccc(N)cc2)C1. The molecule has 1 unspecified atom stereocenters. The molecule has 2 rings (SSSR count). The molecular weight excluding hydrogens is 232 g/mol. The number of nitrogen functional groups attached to an aromatic ring is 1. The zero-order valence-electron chi connectivity index (χ0n) is 12.8. The molecule has 0 aromatic heterocycles. The topological polar surface area (TPSA) is 29.3 Å². The number of likely N-dealkylation sites (tertiary alicyclic amines) is 1. The zero-order chi connectivity index (χ0) is 14.0. The minimum absolute atomic E-state index is 0.194. The molecule has 0 aliphatic carbocycles. The van der Waals surface area contributed by atoms with E-state index < -0.39 is 0 Å². The Hall–Kier alpha value is -1.02. The largest absolute Gasteiger partial charge is 0.399 e. The summed E-state index contributed by atoms with van der Waals surface area (Å²) in [4.78, 5) is 2.63. The normalized spacial score (nSPS) is 21.2. The Kier molecular flexibility index (Phi) is 4.19. The summed E-state index contributed by atoms with van der Waals surface area (Å²) in [7, 11) is 0. The fraction of sp³-hybridized carbons (Fsp3) is 0.647. The molecule has 2 heteroatoms. The van der Waals surface area contributed by atoms with Gasteiger partial charge in [-0.25, -0.2) is 0 Å². The Labute approximate surface area is 118 Å². The average Bonchev–Trinajstić information content (AvgIpc) is 2.77. The van der Waals surface area contributed by atoms with Gasteiger partial charge in [-0.1, -0.05) is 39.8 Å². The Balaban J connectivity index is 2.00. The maximum atomic E-state index is 5.77. The fourth-order valence-corrected chi connectivity index (χ4v) is 3.13. The Morgan fingerprint density at radius 1 is 1.26 bits per heavy atom. The van der Waals surface area contributed by atoms with Gasteiger partial charge in [0.05, 0.1) is 0 Å². The summed E-state index contributed by atoms with van der Waals surface area (Å²) in [5.41, 5.74) is 8.20. The van der Waals surface area contributed by atoms with Gasteiger partial charge in [-0.15, -0.1) is 0 Å². The Morgan fingerprint density at radius 2 is 1.89 bits per heavy atom. The second kappa shape index (κ2) is 5.54. The van der Waals surface area contributed by atoms with Crippen molar-refractivity contribution in [2.24, 2.45) is 11.8 Å². The molecule has 1 aromatic carbocycles. The van der Waals surface area contributed by atoms with E-state index in [-0.39, 0.29) is 5.41 Å². The van der Waals surface area contributed by atoms with Crippen LogP contribution in [-0.4, -0.2) is 24.5 Å². The molecule has 0 bridgehead atoms. The van der Waals surface area contributed by atoms with Crippen LogP contribution in [0.3, 0.4) is 0 Å². The van der Waals surface area contributed by atoms with Crippen molar-refractivity contribution >= 4 is 5.69 Å². The maximum absolute atomic E-state index is 5.77. The van der Waals surface area contributed by atoms with Crippen molar-refractivity contribution in [1.29, 1.82) is 0 Å². The predicted molar refractivity (Wildman–Crippen MR) is 83.3 cm³/mol. The van der Waals surface area contributed by atoms with Gasteiger partial charge in [-0.3, -0.25) is 0 Å². The van der Waals surface area contributed by atoms with E-state index >= 15 is 0 Å². The lowest BCUT2D eigenvalue weighted by Crippen LogP contribution is -2.36. The van der Waals surface area contributed by atoms with Crippen LogP contribution < -0.4 is 5.73 Å².